The Balaban J connectivity index is 1.32. The Morgan fingerprint density at radius 3 is 1.56 bits per heavy atom. The summed E-state index contributed by atoms with van der Waals surface area (Å²) in [6, 6.07) is 69.6. The Kier molecular flexibility index (Phi) is 7.74. The fourth-order valence-corrected chi connectivity index (χ4v) is 8.31. The molecule has 0 fully saturated rings. The van der Waals surface area contributed by atoms with E-state index in [4.69, 9.17) is 20.1 Å². The van der Waals surface area contributed by atoms with Crippen molar-refractivity contribution in [3.63, 3.8) is 0 Å². The van der Waals surface area contributed by atoms with Crippen LogP contribution in [0.1, 0.15) is 0 Å². The highest BCUT2D eigenvalue weighted by Crippen LogP contribution is 2.48. The molecule has 0 unspecified atom stereocenters. The van der Waals surface area contributed by atoms with E-state index >= 15 is 0 Å². The fraction of sp³-hybridized carbons (Fsp3) is 0. The zero-order chi connectivity index (χ0) is 37.7. The van der Waals surface area contributed by atoms with Gasteiger partial charge in [0.2, 0.25) is 0 Å². The first-order chi connectivity index (χ1) is 28.3. The first-order valence-corrected chi connectivity index (χ1v) is 19.2. The lowest BCUT2D eigenvalue weighted by Crippen LogP contribution is -2.03. The molecule has 0 bridgehead atoms. The lowest BCUT2D eigenvalue weighted by atomic mass is 9.88. The molecule has 0 radical (unpaired) electrons. The molecule has 5 nitrogen and oxygen atoms in total. The summed E-state index contributed by atoms with van der Waals surface area (Å²) in [5.41, 5.74) is 8.80. The van der Waals surface area contributed by atoms with E-state index in [0.717, 1.165) is 82.6 Å². The molecule has 11 rings (SSSR count). The Hall–Kier alpha value is -7.76. The van der Waals surface area contributed by atoms with Gasteiger partial charge in [-0.15, -0.1) is 0 Å². The molecule has 0 aliphatic rings. The highest BCUT2D eigenvalue weighted by Gasteiger charge is 2.27. The largest absolute Gasteiger partial charge is 0.232 e. The molecule has 2 aromatic heterocycles. The minimum atomic E-state index is 0.597. The second kappa shape index (κ2) is 13.5. The summed E-state index contributed by atoms with van der Waals surface area (Å²) in [5.74, 6) is 1.83. The van der Waals surface area contributed by atoms with Gasteiger partial charge >= 0.3 is 0 Å². The number of hydrogen-bond acceptors (Lipinski definition) is 4. The number of aromatic nitrogens is 5. The third-order valence-corrected chi connectivity index (χ3v) is 10.8. The number of hydrogen-bond donors (Lipinski definition) is 0. The summed E-state index contributed by atoms with van der Waals surface area (Å²) in [7, 11) is 0. The van der Waals surface area contributed by atoms with Gasteiger partial charge in [-0.3, -0.25) is 0 Å². The number of benzene rings is 9. The quantitative estimate of drug-likeness (QED) is 0.160. The van der Waals surface area contributed by atoms with Gasteiger partial charge in [0.25, 0.3) is 0 Å². The van der Waals surface area contributed by atoms with Crippen LogP contribution in [0.2, 0.25) is 0 Å². The molecule has 0 saturated carbocycles. The molecule has 0 aliphatic carbocycles. The van der Waals surface area contributed by atoms with Crippen molar-refractivity contribution in [1.82, 2.24) is 24.7 Å². The molecular formula is C52H33N5. The Morgan fingerprint density at radius 2 is 0.860 bits per heavy atom. The third-order valence-electron chi connectivity index (χ3n) is 10.8. The van der Waals surface area contributed by atoms with Crippen molar-refractivity contribution in [1.29, 1.82) is 0 Å². The van der Waals surface area contributed by atoms with Crippen LogP contribution >= 0.6 is 0 Å². The van der Waals surface area contributed by atoms with E-state index in [-0.39, 0.29) is 0 Å². The summed E-state index contributed by atoms with van der Waals surface area (Å²) >= 11 is 0. The highest BCUT2D eigenvalue weighted by molar-refractivity contribution is 6.23. The van der Waals surface area contributed by atoms with Crippen molar-refractivity contribution in [2.75, 3.05) is 0 Å². The van der Waals surface area contributed by atoms with E-state index in [1.807, 2.05) is 30.3 Å². The molecule has 0 spiro atoms. The summed E-state index contributed by atoms with van der Waals surface area (Å²) < 4.78 is 2.10. The van der Waals surface area contributed by atoms with Gasteiger partial charge in [-0.25, -0.2) is 19.6 Å². The molecule has 0 atom stereocenters. The van der Waals surface area contributed by atoms with E-state index in [0.29, 0.717) is 17.5 Å². The van der Waals surface area contributed by atoms with Crippen molar-refractivity contribution >= 4 is 43.2 Å². The van der Waals surface area contributed by atoms with Gasteiger partial charge in [-0.2, -0.15) is 5.10 Å². The minimum Gasteiger partial charge on any atom is -0.232 e. The van der Waals surface area contributed by atoms with Gasteiger partial charge < -0.3 is 0 Å². The lowest BCUT2D eigenvalue weighted by Gasteiger charge is -2.18. The highest BCUT2D eigenvalue weighted by atomic mass is 15.3. The lowest BCUT2D eigenvalue weighted by molar-refractivity contribution is 0.918. The zero-order valence-corrected chi connectivity index (χ0v) is 30.8. The maximum Gasteiger partial charge on any atom is 0.165 e. The average Bonchev–Trinajstić information content (AvgIpc) is 3.70. The van der Waals surface area contributed by atoms with Crippen LogP contribution in [0.4, 0.5) is 0 Å². The van der Waals surface area contributed by atoms with Gasteiger partial charge in [-0.1, -0.05) is 182 Å². The molecule has 9 aromatic carbocycles. The van der Waals surface area contributed by atoms with Crippen molar-refractivity contribution in [3.05, 3.63) is 200 Å². The predicted octanol–water partition coefficient (Wildman–Crippen LogP) is 13.0. The van der Waals surface area contributed by atoms with Crippen molar-refractivity contribution < 1.29 is 0 Å². The Labute approximate surface area is 329 Å². The van der Waals surface area contributed by atoms with Crippen LogP contribution in [0.25, 0.3) is 105 Å². The van der Waals surface area contributed by atoms with E-state index in [2.05, 4.69) is 175 Å². The summed E-state index contributed by atoms with van der Waals surface area (Å²) in [4.78, 5) is 16.2. The Morgan fingerprint density at radius 1 is 0.351 bits per heavy atom. The smallest absolute Gasteiger partial charge is 0.165 e. The molecule has 57 heavy (non-hydrogen) atoms. The standard InChI is InChI=1S/C52H33N5/c1-5-19-34(20-6-1)45-46(42-31-17-18-32-43(42)49-47(45)48(35-21-7-2-8-22-35)56-57(49)38-26-11-4-12-27-38)52-54-50(36-23-9-3-10-24-36)53-51(55-52)44-33-37-25-13-14-28-39(37)40-29-15-16-30-41(40)44/h1-33H. The topological polar surface area (TPSA) is 56.5 Å². The maximum absolute atomic E-state index is 5.52. The molecule has 0 aliphatic heterocycles. The Bertz CT molecular complexity index is 3270. The molecule has 266 valence electrons. The molecular weight excluding hydrogens is 695 g/mol. The second-order valence-electron chi connectivity index (χ2n) is 14.2. The van der Waals surface area contributed by atoms with E-state index in [9.17, 15) is 0 Å². The van der Waals surface area contributed by atoms with Crippen LogP contribution in [0, 0.1) is 0 Å². The summed E-state index contributed by atoms with van der Waals surface area (Å²) in [5, 5.41) is 13.1. The molecule has 11 aromatic rings. The molecule has 0 amide bonds. The van der Waals surface area contributed by atoms with Crippen molar-refractivity contribution in [2.24, 2.45) is 0 Å². The summed E-state index contributed by atoms with van der Waals surface area (Å²) in [6.45, 7) is 0. The monoisotopic (exact) mass is 727 g/mol. The number of para-hydroxylation sites is 1. The molecule has 2 heterocycles. The van der Waals surface area contributed by atoms with Crippen LogP contribution in [-0.2, 0) is 0 Å². The van der Waals surface area contributed by atoms with Crippen molar-refractivity contribution in [3.8, 4) is 62.2 Å². The van der Waals surface area contributed by atoms with Gasteiger partial charge in [0.15, 0.2) is 17.5 Å². The predicted molar refractivity (Wildman–Crippen MR) is 234 cm³/mol. The van der Waals surface area contributed by atoms with Crippen LogP contribution < -0.4 is 0 Å². The SMILES string of the molecule is c1ccc(-c2nc(-c3cc4ccccc4c4ccccc34)nc(-c3c(-c4ccccc4)c4c(-c5ccccc5)nn(-c5ccccc5)c4c4ccccc34)n2)cc1. The molecule has 5 heteroatoms. The van der Waals surface area contributed by atoms with Crippen LogP contribution in [0.15, 0.2) is 200 Å². The normalized spacial score (nSPS) is 11.5. The van der Waals surface area contributed by atoms with Gasteiger partial charge in [0.1, 0.15) is 5.69 Å². The van der Waals surface area contributed by atoms with Gasteiger partial charge in [-0.05, 0) is 50.7 Å². The van der Waals surface area contributed by atoms with Crippen molar-refractivity contribution in [2.45, 2.75) is 0 Å². The van der Waals surface area contributed by atoms with Gasteiger partial charge in [0.05, 0.1) is 11.2 Å². The van der Waals surface area contributed by atoms with E-state index in [1.165, 1.54) is 5.39 Å². The number of fused-ring (bicyclic) bond motifs is 6. The minimum absolute atomic E-state index is 0.597. The molecule has 0 saturated heterocycles. The zero-order valence-electron chi connectivity index (χ0n) is 30.8. The molecule has 0 N–H and O–H groups in total. The third kappa shape index (κ3) is 5.48. The van der Waals surface area contributed by atoms with E-state index in [1.54, 1.807) is 0 Å². The van der Waals surface area contributed by atoms with Gasteiger partial charge in [0, 0.05) is 38.6 Å². The summed E-state index contributed by atoms with van der Waals surface area (Å²) in [6.07, 6.45) is 0. The maximum atomic E-state index is 5.52. The number of rotatable bonds is 6. The van der Waals surface area contributed by atoms with Crippen LogP contribution in [0.3, 0.4) is 0 Å². The van der Waals surface area contributed by atoms with Crippen LogP contribution in [-0.4, -0.2) is 24.7 Å². The second-order valence-corrected chi connectivity index (χ2v) is 14.2. The average molecular weight is 728 g/mol. The fourth-order valence-electron chi connectivity index (χ4n) is 8.31. The van der Waals surface area contributed by atoms with Crippen LogP contribution in [0.5, 0.6) is 0 Å². The first-order valence-electron chi connectivity index (χ1n) is 19.2. The first kappa shape index (κ1) is 32.7. The van der Waals surface area contributed by atoms with E-state index < -0.39 is 0 Å². The number of nitrogens with zero attached hydrogens (tertiary/aromatic N) is 5.